The minimum Gasteiger partial charge on any atom is -0.457 e. The van der Waals surface area contributed by atoms with Gasteiger partial charge < -0.3 is 19.5 Å². The summed E-state index contributed by atoms with van der Waals surface area (Å²) in [6.45, 7) is 6.21. The molecule has 1 atom stereocenters. The molecular weight excluding hydrogens is 454 g/mol. The van der Waals surface area contributed by atoms with Gasteiger partial charge in [0.15, 0.2) is 17.3 Å². The van der Waals surface area contributed by atoms with E-state index in [9.17, 15) is 9.59 Å². The van der Waals surface area contributed by atoms with Gasteiger partial charge in [-0.25, -0.2) is 4.79 Å². The fourth-order valence-electron chi connectivity index (χ4n) is 4.97. The predicted molar refractivity (Wildman–Crippen MR) is 127 cm³/mol. The standard InChI is InChI=1S/C27H26ClNO5/c1-15-23(26(31)32-13-16-7-5-4-6-8-16)24(17-9-21-22(10-18(17)28)34-14-33-21)25-19(29-15)11-27(2,3)12-20(25)30/h4-10,24,29H,11-14H2,1-3H3/t24-/m1/s1. The maximum absolute atomic E-state index is 13.5. The van der Waals surface area contributed by atoms with Crippen LogP contribution >= 0.6 is 11.6 Å². The van der Waals surface area contributed by atoms with Crippen LogP contribution in [-0.2, 0) is 20.9 Å². The van der Waals surface area contributed by atoms with Crippen molar-refractivity contribution < 1.29 is 23.8 Å². The quantitative estimate of drug-likeness (QED) is 0.590. The number of nitrogens with one attached hydrogen (secondary N) is 1. The molecule has 2 heterocycles. The predicted octanol–water partition coefficient (Wildman–Crippen LogP) is 5.42. The third-order valence-electron chi connectivity index (χ3n) is 6.48. The summed E-state index contributed by atoms with van der Waals surface area (Å²) in [4.78, 5) is 26.9. The first-order chi connectivity index (χ1) is 16.2. The molecule has 0 radical (unpaired) electrons. The van der Waals surface area contributed by atoms with Gasteiger partial charge in [0.25, 0.3) is 0 Å². The van der Waals surface area contributed by atoms with E-state index in [0.29, 0.717) is 51.8 Å². The van der Waals surface area contributed by atoms with Gasteiger partial charge in [-0.15, -0.1) is 0 Å². The van der Waals surface area contributed by atoms with Gasteiger partial charge >= 0.3 is 5.97 Å². The van der Waals surface area contributed by atoms with Crippen LogP contribution in [-0.4, -0.2) is 18.5 Å². The van der Waals surface area contributed by atoms with Crippen LogP contribution in [0.2, 0.25) is 5.02 Å². The highest BCUT2D eigenvalue weighted by Crippen LogP contribution is 2.50. The summed E-state index contributed by atoms with van der Waals surface area (Å²) in [6, 6.07) is 12.9. The molecule has 2 aromatic rings. The molecule has 176 valence electrons. The number of esters is 1. The third-order valence-corrected chi connectivity index (χ3v) is 6.80. The van der Waals surface area contributed by atoms with Crippen LogP contribution in [0.4, 0.5) is 0 Å². The molecule has 0 bridgehead atoms. The Morgan fingerprint density at radius 1 is 1.15 bits per heavy atom. The number of hydrogen-bond donors (Lipinski definition) is 1. The van der Waals surface area contributed by atoms with E-state index in [1.54, 1.807) is 12.1 Å². The molecule has 0 spiro atoms. The molecule has 0 fully saturated rings. The number of benzene rings is 2. The van der Waals surface area contributed by atoms with Crippen LogP contribution in [0.25, 0.3) is 0 Å². The van der Waals surface area contributed by atoms with E-state index in [1.165, 1.54) is 0 Å². The summed E-state index contributed by atoms with van der Waals surface area (Å²) >= 11 is 6.70. The van der Waals surface area contributed by atoms with Crippen molar-refractivity contribution in [1.82, 2.24) is 5.32 Å². The van der Waals surface area contributed by atoms with Crippen molar-refractivity contribution in [2.75, 3.05) is 6.79 Å². The summed E-state index contributed by atoms with van der Waals surface area (Å²) in [6.07, 6.45) is 1.08. The topological polar surface area (TPSA) is 73.9 Å². The number of hydrogen-bond acceptors (Lipinski definition) is 6. The number of carbonyl (C=O) groups excluding carboxylic acids is 2. The molecule has 1 aliphatic carbocycles. The van der Waals surface area contributed by atoms with Gasteiger partial charge in [-0.3, -0.25) is 4.79 Å². The average Bonchev–Trinajstić information content (AvgIpc) is 3.23. The van der Waals surface area contributed by atoms with Gasteiger partial charge in [-0.1, -0.05) is 55.8 Å². The van der Waals surface area contributed by atoms with E-state index in [1.807, 2.05) is 37.3 Å². The highest BCUT2D eigenvalue weighted by atomic mass is 35.5. The Hall–Kier alpha value is -3.25. The van der Waals surface area contributed by atoms with Gasteiger partial charge in [0.05, 0.1) is 5.57 Å². The third kappa shape index (κ3) is 4.07. The van der Waals surface area contributed by atoms with Gasteiger partial charge in [0.2, 0.25) is 6.79 Å². The molecule has 1 N–H and O–H groups in total. The number of carbonyl (C=O) groups is 2. The van der Waals surface area contributed by atoms with Crippen molar-refractivity contribution in [3.8, 4) is 11.5 Å². The average molecular weight is 480 g/mol. The second-order valence-electron chi connectivity index (χ2n) is 9.72. The van der Waals surface area contributed by atoms with Crippen LogP contribution in [0.3, 0.4) is 0 Å². The first-order valence-electron chi connectivity index (χ1n) is 11.3. The molecule has 5 rings (SSSR count). The first kappa shape index (κ1) is 22.5. The Kier molecular flexibility index (Phi) is 5.64. The highest BCUT2D eigenvalue weighted by Gasteiger charge is 2.44. The van der Waals surface area contributed by atoms with Crippen molar-refractivity contribution in [3.63, 3.8) is 0 Å². The minimum atomic E-state index is -0.662. The molecule has 2 aromatic carbocycles. The van der Waals surface area contributed by atoms with Crippen molar-refractivity contribution in [3.05, 3.63) is 81.2 Å². The summed E-state index contributed by atoms with van der Waals surface area (Å²) in [5, 5.41) is 3.75. The first-order valence-corrected chi connectivity index (χ1v) is 11.7. The summed E-state index contributed by atoms with van der Waals surface area (Å²) in [7, 11) is 0. The SMILES string of the molecule is CC1=C(C(=O)OCc2ccccc2)[C@@H](c2cc3c(cc2Cl)OCO3)C2=C(CC(C)(C)CC2=O)N1. The normalized spacial score (nSPS) is 20.7. The zero-order chi connectivity index (χ0) is 24.0. The second-order valence-corrected chi connectivity index (χ2v) is 10.1. The molecule has 3 aliphatic rings. The maximum Gasteiger partial charge on any atom is 0.337 e. The van der Waals surface area contributed by atoms with E-state index in [2.05, 4.69) is 19.2 Å². The Morgan fingerprint density at radius 3 is 2.59 bits per heavy atom. The number of Topliss-reactive ketones (excluding diaryl/α,β-unsaturated/α-hetero) is 1. The molecule has 6 nitrogen and oxygen atoms in total. The highest BCUT2D eigenvalue weighted by molar-refractivity contribution is 6.32. The van der Waals surface area contributed by atoms with Crippen LogP contribution in [0.1, 0.15) is 50.7 Å². The van der Waals surface area contributed by atoms with Gasteiger partial charge in [0.1, 0.15) is 6.61 Å². The molecule has 0 saturated carbocycles. The maximum atomic E-state index is 13.5. The van der Waals surface area contributed by atoms with E-state index < -0.39 is 11.9 Å². The molecular formula is C27H26ClNO5. The number of rotatable bonds is 4. The van der Waals surface area contributed by atoms with E-state index in [0.717, 1.165) is 11.3 Å². The fourth-order valence-corrected chi connectivity index (χ4v) is 5.24. The van der Waals surface area contributed by atoms with Crippen LogP contribution in [0, 0.1) is 5.41 Å². The molecule has 7 heteroatoms. The van der Waals surface area contributed by atoms with Crippen LogP contribution < -0.4 is 14.8 Å². The molecule has 0 saturated heterocycles. The summed E-state index contributed by atoms with van der Waals surface area (Å²) in [5.41, 5.74) is 3.75. The lowest BCUT2D eigenvalue weighted by Gasteiger charge is -2.39. The molecule has 0 aromatic heterocycles. The Morgan fingerprint density at radius 2 is 1.85 bits per heavy atom. The molecule has 0 amide bonds. The van der Waals surface area contributed by atoms with Gasteiger partial charge in [0, 0.05) is 40.4 Å². The lowest BCUT2D eigenvalue weighted by molar-refractivity contribution is -0.140. The smallest absolute Gasteiger partial charge is 0.337 e. The number of ether oxygens (including phenoxy) is 3. The van der Waals surface area contributed by atoms with Crippen LogP contribution in [0.5, 0.6) is 11.5 Å². The molecule has 34 heavy (non-hydrogen) atoms. The number of halogens is 1. The zero-order valence-electron chi connectivity index (χ0n) is 19.4. The minimum absolute atomic E-state index is 0.00153. The van der Waals surface area contributed by atoms with Gasteiger partial charge in [-0.2, -0.15) is 0 Å². The fraction of sp³-hybridized carbons (Fsp3) is 0.333. The van der Waals surface area contributed by atoms with Gasteiger partial charge in [-0.05, 0) is 36.0 Å². The zero-order valence-corrected chi connectivity index (χ0v) is 20.1. The number of ketones is 1. The van der Waals surface area contributed by atoms with E-state index in [-0.39, 0.29) is 24.6 Å². The lowest BCUT2D eigenvalue weighted by Crippen LogP contribution is -2.38. The monoisotopic (exact) mass is 479 g/mol. The van der Waals surface area contributed by atoms with Crippen molar-refractivity contribution in [2.24, 2.45) is 5.41 Å². The summed E-state index contributed by atoms with van der Waals surface area (Å²) in [5.74, 6) is -0.0690. The largest absolute Gasteiger partial charge is 0.457 e. The second kappa shape index (κ2) is 8.51. The van der Waals surface area contributed by atoms with Crippen molar-refractivity contribution in [2.45, 2.75) is 46.1 Å². The molecule has 0 unspecified atom stereocenters. The summed E-state index contributed by atoms with van der Waals surface area (Å²) < 4.78 is 16.7. The van der Waals surface area contributed by atoms with Crippen molar-refractivity contribution >= 4 is 23.4 Å². The Bertz CT molecular complexity index is 1250. The number of dihydropyridines is 1. The molecule has 2 aliphatic heterocycles. The Labute approximate surface area is 203 Å². The van der Waals surface area contributed by atoms with E-state index >= 15 is 0 Å². The number of allylic oxidation sites excluding steroid dienone is 3. The lowest BCUT2D eigenvalue weighted by atomic mass is 9.68. The number of fused-ring (bicyclic) bond motifs is 1. The van der Waals surface area contributed by atoms with Crippen LogP contribution in [0.15, 0.2) is 65.0 Å². The van der Waals surface area contributed by atoms with Crippen molar-refractivity contribution in [1.29, 1.82) is 0 Å². The van der Waals surface area contributed by atoms with E-state index in [4.69, 9.17) is 25.8 Å². The Balaban J connectivity index is 1.59.